The molecule has 0 aliphatic heterocycles. The Morgan fingerprint density at radius 2 is 2.22 bits per heavy atom. The molecular formula is C15H20N2O. The molecule has 1 atom stereocenters. The molecule has 0 bridgehead atoms. The van der Waals surface area contributed by atoms with Gasteiger partial charge < -0.3 is 15.0 Å². The van der Waals surface area contributed by atoms with E-state index >= 15 is 0 Å². The lowest BCUT2D eigenvalue weighted by Crippen LogP contribution is -2.19. The number of nitrogens with two attached hydrogens (primary N) is 1. The average Bonchev–Trinajstić information content (AvgIpc) is 2.97. The highest BCUT2D eigenvalue weighted by Crippen LogP contribution is 2.36. The summed E-state index contributed by atoms with van der Waals surface area (Å²) < 4.78 is 7.66. The molecule has 0 fully saturated rings. The van der Waals surface area contributed by atoms with E-state index in [1.165, 1.54) is 35.0 Å². The molecule has 1 aromatic carbocycles. The Morgan fingerprint density at radius 1 is 1.39 bits per heavy atom. The monoisotopic (exact) mass is 244 g/mol. The summed E-state index contributed by atoms with van der Waals surface area (Å²) in [6, 6.07) is 6.34. The lowest BCUT2D eigenvalue weighted by Gasteiger charge is -2.16. The van der Waals surface area contributed by atoms with Gasteiger partial charge in [-0.05, 0) is 43.4 Å². The lowest BCUT2D eigenvalue weighted by atomic mass is 10.1. The van der Waals surface area contributed by atoms with Crippen molar-refractivity contribution in [3.8, 4) is 5.75 Å². The van der Waals surface area contributed by atoms with Crippen LogP contribution in [-0.2, 0) is 12.8 Å². The number of rotatable bonds is 3. The van der Waals surface area contributed by atoms with E-state index in [0.29, 0.717) is 0 Å². The van der Waals surface area contributed by atoms with Crippen molar-refractivity contribution in [2.75, 3.05) is 7.11 Å². The molecule has 0 amide bonds. The molecule has 2 aromatic rings. The van der Waals surface area contributed by atoms with E-state index in [1.54, 1.807) is 7.11 Å². The SMILES string of the molecule is CC[C@@H](N)n1c2c(c3ccc(OC)cc31)CCC2. The summed E-state index contributed by atoms with van der Waals surface area (Å²) in [5.74, 6) is 0.906. The van der Waals surface area contributed by atoms with Gasteiger partial charge in [-0.3, -0.25) is 0 Å². The van der Waals surface area contributed by atoms with Crippen molar-refractivity contribution in [1.82, 2.24) is 4.57 Å². The zero-order valence-corrected chi connectivity index (χ0v) is 11.1. The third-order valence-electron chi connectivity index (χ3n) is 4.02. The number of hydrogen-bond acceptors (Lipinski definition) is 2. The molecule has 3 heteroatoms. The number of nitrogens with zero attached hydrogens (tertiary/aromatic N) is 1. The number of methoxy groups -OCH3 is 1. The second-order valence-electron chi connectivity index (χ2n) is 5.01. The van der Waals surface area contributed by atoms with E-state index in [9.17, 15) is 0 Å². The Balaban J connectivity index is 2.29. The second-order valence-corrected chi connectivity index (χ2v) is 5.01. The first kappa shape index (κ1) is 11.6. The summed E-state index contributed by atoms with van der Waals surface area (Å²) >= 11 is 0. The zero-order valence-electron chi connectivity index (χ0n) is 11.1. The minimum atomic E-state index is 0.0708. The molecule has 1 aliphatic carbocycles. The standard InChI is InChI=1S/C15H20N2O/c1-3-15(16)17-13-6-4-5-11(13)12-8-7-10(18-2)9-14(12)17/h7-9,15H,3-6,16H2,1-2H3/t15-/m0/s1. The van der Waals surface area contributed by atoms with Gasteiger partial charge in [-0.2, -0.15) is 0 Å². The Bertz CT molecular complexity index is 586. The third-order valence-corrected chi connectivity index (χ3v) is 4.02. The van der Waals surface area contributed by atoms with Crippen molar-refractivity contribution in [3.05, 3.63) is 29.5 Å². The van der Waals surface area contributed by atoms with E-state index in [0.717, 1.165) is 18.6 Å². The minimum absolute atomic E-state index is 0.0708. The molecule has 0 spiro atoms. The van der Waals surface area contributed by atoms with Crippen molar-refractivity contribution in [2.24, 2.45) is 5.73 Å². The first-order valence-corrected chi connectivity index (χ1v) is 6.71. The fourth-order valence-electron chi connectivity index (χ4n) is 3.08. The van der Waals surface area contributed by atoms with Gasteiger partial charge in [-0.25, -0.2) is 0 Å². The van der Waals surface area contributed by atoms with Crippen molar-refractivity contribution < 1.29 is 4.74 Å². The van der Waals surface area contributed by atoms with Gasteiger partial charge in [0.2, 0.25) is 0 Å². The van der Waals surface area contributed by atoms with Crippen molar-refractivity contribution in [3.63, 3.8) is 0 Å². The van der Waals surface area contributed by atoms with Gasteiger partial charge in [0, 0.05) is 17.1 Å². The van der Waals surface area contributed by atoms with Gasteiger partial charge in [0.05, 0.1) is 18.8 Å². The molecule has 1 aromatic heterocycles. The Kier molecular flexibility index (Phi) is 2.78. The zero-order chi connectivity index (χ0) is 12.7. The molecule has 1 heterocycles. The smallest absolute Gasteiger partial charge is 0.120 e. The van der Waals surface area contributed by atoms with Gasteiger partial charge in [0.1, 0.15) is 5.75 Å². The molecule has 3 rings (SSSR count). The van der Waals surface area contributed by atoms with Crippen molar-refractivity contribution >= 4 is 10.9 Å². The van der Waals surface area contributed by atoms with Gasteiger partial charge in [-0.15, -0.1) is 0 Å². The number of hydrogen-bond donors (Lipinski definition) is 1. The topological polar surface area (TPSA) is 40.2 Å². The van der Waals surface area contributed by atoms with Gasteiger partial charge in [0.25, 0.3) is 0 Å². The quantitative estimate of drug-likeness (QED) is 0.901. The molecule has 18 heavy (non-hydrogen) atoms. The van der Waals surface area contributed by atoms with Crippen molar-refractivity contribution in [2.45, 2.75) is 38.8 Å². The van der Waals surface area contributed by atoms with Gasteiger partial charge in [0.15, 0.2) is 0 Å². The van der Waals surface area contributed by atoms with Gasteiger partial charge in [-0.1, -0.05) is 6.92 Å². The van der Waals surface area contributed by atoms with Gasteiger partial charge >= 0.3 is 0 Å². The fraction of sp³-hybridized carbons (Fsp3) is 0.467. The van der Waals surface area contributed by atoms with Crippen LogP contribution in [0.1, 0.15) is 37.2 Å². The first-order valence-electron chi connectivity index (χ1n) is 6.71. The molecule has 0 unspecified atom stereocenters. The molecule has 0 saturated heterocycles. The summed E-state index contributed by atoms with van der Waals surface area (Å²) in [4.78, 5) is 0. The van der Waals surface area contributed by atoms with Crippen molar-refractivity contribution in [1.29, 1.82) is 0 Å². The normalized spacial score (nSPS) is 15.9. The summed E-state index contributed by atoms with van der Waals surface area (Å²) in [6.45, 7) is 2.14. The molecule has 0 saturated carbocycles. The van der Waals surface area contributed by atoms with Crippen LogP contribution in [0.2, 0.25) is 0 Å². The molecule has 96 valence electrons. The largest absolute Gasteiger partial charge is 0.497 e. The third kappa shape index (κ3) is 1.54. The van der Waals surface area contributed by atoms with E-state index in [-0.39, 0.29) is 6.17 Å². The Labute approximate surface area is 108 Å². The highest BCUT2D eigenvalue weighted by atomic mass is 16.5. The van der Waals surface area contributed by atoms with E-state index in [1.807, 2.05) is 6.07 Å². The molecule has 3 nitrogen and oxygen atoms in total. The van der Waals surface area contributed by atoms with Crippen LogP contribution < -0.4 is 10.5 Å². The number of benzene rings is 1. The average molecular weight is 244 g/mol. The first-order chi connectivity index (χ1) is 8.76. The van der Waals surface area contributed by atoms with Crippen LogP contribution in [0.4, 0.5) is 0 Å². The fourth-order valence-corrected chi connectivity index (χ4v) is 3.08. The summed E-state index contributed by atoms with van der Waals surface area (Å²) in [7, 11) is 1.71. The number of fused-ring (bicyclic) bond motifs is 3. The Hall–Kier alpha value is -1.48. The van der Waals surface area contributed by atoms with Crippen LogP contribution >= 0.6 is 0 Å². The van der Waals surface area contributed by atoms with Crippen LogP contribution in [0.25, 0.3) is 10.9 Å². The van der Waals surface area contributed by atoms with Crippen LogP contribution in [-0.4, -0.2) is 11.7 Å². The molecule has 0 radical (unpaired) electrons. The van der Waals surface area contributed by atoms with E-state index < -0.39 is 0 Å². The highest BCUT2D eigenvalue weighted by Gasteiger charge is 2.23. The molecule has 1 aliphatic rings. The van der Waals surface area contributed by atoms with Crippen LogP contribution in [0.3, 0.4) is 0 Å². The van der Waals surface area contributed by atoms with Crippen LogP contribution in [0, 0.1) is 0 Å². The predicted octanol–water partition coefficient (Wildman–Crippen LogP) is 3.01. The molecular weight excluding hydrogens is 224 g/mol. The predicted molar refractivity (Wildman–Crippen MR) is 74.0 cm³/mol. The highest BCUT2D eigenvalue weighted by molar-refractivity contribution is 5.87. The Morgan fingerprint density at radius 3 is 2.94 bits per heavy atom. The maximum Gasteiger partial charge on any atom is 0.120 e. The summed E-state index contributed by atoms with van der Waals surface area (Å²) in [5.41, 5.74) is 10.5. The van der Waals surface area contributed by atoms with E-state index in [4.69, 9.17) is 10.5 Å². The lowest BCUT2D eigenvalue weighted by molar-refractivity contribution is 0.415. The number of aryl methyl sites for hydroxylation is 1. The van der Waals surface area contributed by atoms with E-state index in [2.05, 4.69) is 23.6 Å². The van der Waals surface area contributed by atoms with Crippen LogP contribution in [0.5, 0.6) is 5.75 Å². The number of aromatic nitrogens is 1. The summed E-state index contributed by atoms with van der Waals surface area (Å²) in [6.07, 6.45) is 4.61. The second kappa shape index (κ2) is 4.32. The maximum absolute atomic E-state index is 6.29. The molecule has 2 N–H and O–H groups in total. The maximum atomic E-state index is 6.29. The van der Waals surface area contributed by atoms with Crippen LogP contribution in [0.15, 0.2) is 18.2 Å². The number of ether oxygens (including phenoxy) is 1. The minimum Gasteiger partial charge on any atom is -0.497 e. The summed E-state index contributed by atoms with van der Waals surface area (Å²) in [5, 5.41) is 1.35.